The summed E-state index contributed by atoms with van der Waals surface area (Å²) in [5, 5.41) is 4.77. The Labute approximate surface area is 89.4 Å². The van der Waals surface area contributed by atoms with Gasteiger partial charge >= 0.3 is 0 Å². The first-order valence-electron chi connectivity index (χ1n) is 4.23. The van der Waals surface area contributed by atoms with Crippen LogP contribution in [-0.2, 0) is 6.54 Å². The molecule has 6 heteroatoms. The van der Waals surface area contributed by atoms with Crippen LogP contribution in [0.2, 0.25) is 0 Å². The van der Waals surface area contributed by atoms with Crippen LogP contribution in [0.3, 0.4) is 0 Å². The summed E-state index contributed by atoms with van der Waals surface area (Å²) in [5.41, 5.74) is 5.47. The van der Waals surface area contributed by atoms with E-state index in [0.717, 1.165) is 11.3 Å². The molecule has 0 saturated carbocycles. The minimum absolute atomic E-state index is 0.342. The number of nitrogen functional groups attached to an aromatic ring is 1. The van der Waals surface area contributed by atoms with Crippen molar-refractivity contribution >= 4 is 33.6 Å². The summed E-state index contributed by atoms with van der Waals surface area (Å²) in [6, 6.07) is 0. The average molecular weight is 263 g/mol. The van der Waals surface area contributed by atoms with Crippen molar-refractivity contribution in [3.63, 3.8) is 0 Å². The van der Waals surface area contributed by atoms with E-state index < -0.39 is 0 Å². The van der Waals surface area contributed by atoms with Crippen LogP contribution in [0, 0.1) is 0 Å². The molecule has 2 N–H and O–H groups in total. The highest BCUT2D eigenvalue weighted by molar-refractivity contribution is 9.10. The SMILES string of the molecule is Nc1nc(Br)n(CC2CCCS2)n1. The van der Waals surface area contributed by atoms with Crippen LogP contribution in [0.4, 0.5) is 5.95 Å². The fourth-order valence-corrected chi connectivity index (χ4v) is 3.09. The first-order chi connectivity index (χ1) is 6.25. The summed E-state index contributed by atoms with van der Waals surface area (Å²) >= 11 is 5.33. The number of nitrogens with zero attached hydrogens (tertiary/aromatic N) is 3. The number of halogens is 1. The summed E-state index contributed by atoms with van der Waals surface area (Å²) in [4.78, 5) is 3.99. The van der Waals surface area contributed by atoms with Gasteiger partial charge in [0.2, 0.25) is 5.95 Å². The number of hydrogen-bond donors (Lipinski definition) is 1. The Hall–Kier alpha value is -0.230. The standard InChI is InChI=1S/C7H11BrN4S/c8-6-10-7(9)11-12(6)4-5-2-1-3-13-5/h5H,1-4H2,(H2,9,11). The zero-order chi connectivity index (χ0) is 9.26. The molecule has 0 amide bonds. The van der Waals surface area contributed by atoms with Gasteiger partial charge in [-0.1, -0.05) is 0 Å². The Bertz CT molecular complexity index is 295. The van der Waals surface area contributed by atoms with E-state index in [1.807, 2.05) is 16.4 Å². The lowest BCUT2D eigenvalue weighted by Gasteiger charge is -2.07. The maximum absolute atomic E-state index is 5.47. The topological polar surface area (TPSA) is 56.7 Å². The van der Waals surface area contributed by atoms with Gasteiger partial charge in [0.15, 0.2) is 4.73 Å². The van der Waals surface area contributed by atoms with Crippen LogP contribution in [0.25, 0.3) is 0 Å². The van der Waals surface area contributed by atoms with Gasteiger partial charge in [0, 0.05) is 5.25 Å². The molecule has 72 valence electrons. The van der Waals surface area contributed by atoms with E-state index >= 15 is 0 Å². The lowest BCUT2D eigenvalue weighted by Crippen LogP contribution is -2.11. The third-order valence-corrected chi connectivity index (χ3v) is 4.01. The van der Waals surface area contributed by atoms with Gasteiger partial charge < -0.3 is 5.73 Å². The van der Waals surface area contributed by atoms with E-state index in [-0.39, 0.29) is 0 Å². The highest BCUT2D eigenvalue weighted by Gasteiger charge is 2.17. The molecule has 1 unspecified atom stereocenters. The maximum atomic E-state index is 5.47. The molecule has 0 aromatic carbocycles. The Balaban J connectivity index is 2.03. The molecule has 4 nitrogen and oxygen atoms in total. The van der Waals surface area contributed by atoms with Crippen molar-refractivity contribution in [2.75, 3.05) is 11.5 Å². The molecule has 0 bridgehead atoms. The highest BCUT2D eigenvalue weighted by Crippen LogP contribution is 2.27. The van der Waals surface area contributed by atoms with Gasteiger partial charge in [-0.2, -0.15) is 16.7 Å². The third kappa shape index (κ3) is 2.17. The second-order valence-electron chi connectivity index (χ2n) is 3.06. The van der Waals surface area contributed by atoms with Gasteiger partial charge in [-0.3, -0.25) is 0 Å². The van der Waals surface area contributed by atoms with Gasteiger partial charge in [-0.05, 0) is 34.5 Å². The van der Waals surface area contributed by atoms with Crippen LogP contribution < -0.4 is 5.73 Å². The van der Waals surface area contributed by atoms with Crippen LogP contribution >= 0.6 is 27.7 Å². The second kappa shape index (κ2) is 3.88. The van der Waals surface area contributed by atoms with Crippen molar-refractivity contribution in [3.8, 4) is 0 Å². The Morgan fingerprint density at radius 3 is 3.08 bits per heavy atom. The largest absolute Gasteiger partial charge is 0.366 e. The molecule has 1 saturated heterocycles. The molecular formula is C7H11BrN4S. The molecule has 0 spiro atoms. The fourth-order valence-electron chi connectivity index (χ4n) is 1.44. The molecule has 0 radical (unpaired) electrons. The third-order valence-electron chi connectivity index (χ3n) is 2.04. The van der Waals surface area contributed by atoms with Gasteiger partial charge in [-0.15, -0.1) is 5.10 Å². The molecule has 1 atom stereocenters. The van der Waals surface area contributed by atoms with E-state index in [1.54, 1.807) is 0 Å². The van der Waals surface area contributed by atoms with Gasteiger partial charge in [0.05, 0.1) is 6.54 Å². The molecule has 2 heterocycles. The van der Waals surface area contributed by atoms with Crippen molar-refractivity contribution in [2.45, 2.75) is 24.6 Å². The predicted octanol–water partition coefficient (Wildman–Crippen LogP) is 1.52. The Morgan fingerprint density at radius 1 is 1.69 bits per heavy atom. The summed E-state index contributed by atoms with van der Waals surface area (Å²) in [5.74, 6) is 1.61. The number of thioether (sulfide) groups is 1. The molecular weight excluding hydrogens is 252 g/mol. The van der Waals surface area contributed by atoms with Crippen molar-refractivity contribution in [1.29, 1.82) is 0 Å². The van der Waals surface area contributed by atoms with Crippen molar-refractivity contribution < 1.29 is 0 Å². The second-order valence-corrected chi connectivity index (χ2v) is 5.17. The molecule has 2 rings (SSSR count). The minimum Gasteiger partial charge on any atom is -0.366 e. The predicted molar refractivity (Wildman–Crippen MR) is 57.6 cm³/mol. The molecule has 0 aliphatic carbocycles. The monoisotopic (exact) mass is 262 g/mol. The molecule has 1 aromatic heterocycles. The summed E-state index contributed by atoms with van der Waals surface area (Å²) in [7, 11) is 0. The average Bonchev–Trinajstić information content (AvgIpc) is 2.63. The van der Waals surface area contributed by atoms with Crippen LogP contribution in [0.15, 0.2) is 4.73 Å². The van der Waals surface area contributed by atoms with Crippen molar-refractivity contribution in [2.24, 2.45) is 0 Å². The first-order valence-corrected chi connectivity index (χ1v) is 6.07. The van der Waals surface area contributed by atoms with Crippen molar-refractivity contribution in [3.05, 3.63) is 4.73 Å². The zero-order valence-electron chi connectivity index (χ0n) is 7.11. The molecule has 13 heavy (non-hydrogen) atoms. The van der Waals surface area contributed by atoms with Gasteiger partial charge in [0.1, 0.15) is 0 Å². The Kier molecular flexibility index (Phi) is 2.78. The Morgan fingerprint density at radius 2 is 2.54 bits per heavy atom. The van der Waals surface area contributed by atoms with Crippen LogP contribution in [0.5, 0.6) is 0 Å². The number of nitrogens with two attached hydrogens (primary N) is 1. The lowest BCUT2D eigenvalue weighted by atomic mass is 10.2. The van der Waals surface area contributed by atoms with E-state index in [2.05, 4.69) is 26.0 Å². The molecule has 1 aromatic rings. The van der Waals surface area contributed by atoms with E-state index in [1.165, 1.54) is 18.6 Å². The lowest BCUT2D eigenvalue weighted by molar-refractivity contribution is 0.569. The number of hydrogen-bond acceptors (Lipinski definition) is 4. The van der Waals surface area contributed by atoms with Crippen molar-refractivity contribution in [1.82, 2.24) is 14.8 Å². The maximum Gasteiger partial charge on any atom is 0.240 e. The van der Waals surface area contributed by atoms with Crippen LogP contribution in [0.1, 0.15) is 12.8 Å². The van der Waals surface area contributed by atoms with E-state index in [4.69, 9.17) is 5.73 Å². The van der Waals surface area contributed by atoms with Gasteiger partial charge in [-0.25, -0.2) is 4.68 Å². The molecule has 1 fully saturated rings. The van der Waals surface area contributed by atoms with E-state index in [9.17, 15) is 0 Å². The molecule has 1 aliphatic rings. The smallest absolute Gasteiger partial charge is 0.240 e. The van der Waals surface area contributed by atoms with Crippen LogP contribution in [-0.4, -0.2) is 25.8 Å². The highest BCUT2D eigenvalue weighted by atomic mass is 79.9. The summed E-state index contributed by atoms with van der Waals surface area (Å²) in [6.45, 7) is 0.912. The summed E-state index contributed by atoms with van der Waals surface area (Å²) in [6.07, 6.45) is 2.59. The zero-order valence-corrected chi connectivity index (χ0v) is 9.51. The number of anilines is 1. The van der Waals surface area contributed by atoms with Gasteiger partial charge in [0.25, 0.3) is 0 Å². The quantitative estimate of drug-likeness (QED) is 0.878. The number of rotatable bonds is 2. The number of aromatic nitrogens is 3. The first kappa shape index (κ1) is 9.33. The molecule has 1 aliphatic heterocycles. The normalized spacial score (nSPS) is 22.4. The minimum atomic E-state index is 0.342. The van der Waals surface area contributed by atoms with E-state index in [0.29, 0.717) is 11.2 Å². The fraction of sp³-hybridized carbons (Fsp3) is 0.714. The summed E-state index contributed by atoms with van der Waals surface area (Å²) < 4.78 is 2.57.